The van der Waals surface area contributed by atoms with Crippen molar-refractivity contribution in [3.63, 3.8) is 0 Å². The van der Waals surface area contributed by atoms with Crippen LogP contribution in [0.3, 0.4) is 0 Å². The molecule has 0 amide bonds. The number of thioether (sulfide) groups is 1. The third-order valence-electron chi connectivity index (χ3n) is 1.84. The summed E-state index contributed by atoms with van der Waals surface area (Å²) in [6.07, 6.45) is 5.20. The zero-order chi connectivity index (χ0) is 10.5. The number of benzene rings is 1. The van der Waals surface area contributed by atoms with E-state index in [1.807, 2.05) is 0 Å². The Bertz CT molecular complexity index is 416. The summed E-state index contributed by atoms with van der Waals surface area (Å²) in [6, 6.07) is 8.52. The van der Waals surface area contributed by atoms with Crippen LogP contribution in [0.2, 0.25) is 0 Å². The quantitative estimate of drug-likeness (QED) is 0.638. The van der Waals surface area contributed by atoms with Crippen molar-refractivity contribution in [2.45, 2.75) is 10.8 Å². The fourth-order valence-corrected chi connectivity index (χ4v) is 2.24. The number of hydrogen-bond acceptors (Lipinski definition) is 3. The topological polar surface area (TPSA) is 25.8 Å². The Morgan fingerprint density at radius 1 is 1.13 bits per heavy atom. The van der Waals surface area contributed by atoms with Gasteiger partial charge in [0, 0.05) is 21.7 Å². The molecule has 1 aromatic heterocycles. The van der Waals surface area contributed by atoms with Crippen LogP contribution in [0.15, 0.2) is 47.9 Å². The molecule has 2 rings (SSSR count). The molecule has 0 N–H and O–H groups in total. The van der Waals surface area contributed by atoms with E-state index in [0.29, 0.717) is 0 Å². The highest BCUT2D eigenvalue weighted by Crippen LogP contribution is 2.19. The fraction of sp³-hybridized carbons (Fsp3) is 0.0909. The van der Waals surface area contributed by atoms with Crippen LogP contribution in [-0.2, 0) is 5.75 Å². The number of aromatic nitrogens is 2. The van der Waals surface area contributed by atoms with Crippen molar-refractivity contribution in [1.82, 2.24) is 9.97 Å². The first-order valence-electron chi connectivity index (χ1n) is 4.48. The SMILES string of the molecule is Ic1ccc(CSc2cnccn2)cc1. The molecule has 76 valence electrons. The number of nitrogens with zero attached hydrogens (tertiary/aromatic N) is 2. The van der Waals surface area contributed by atoms with Crippen LogP contribution in [0.1, 0.15) is 5.56 Å². The van der Waals surface area contributed by atoms with Gasteiger partial charge in [0.2, 0.25) is 0 Å². The Kier molecular flexibility index (Phi) is 3.96. The summed E-state index contributed by atoms with van der Waals surface area (Å²) in [6.45, 7) is 0. The van der Waals surface area contributed by atoms with Gasteiger partial charge in [-0.15, -0.1) is 11.8 Å². The van der Waals surface area contributed by atoms with E-state index >= 15 is 0 Å². The number of hydrogen-bond donors (Lipinski definition) is 0. The van der Waals surface area contributed by atoms with Crippen LogP contribution >= 0.6 is 34.4 Å². The van der Waals surface area contributed by atoms with Crippen molar-refractivity contribution >= 4 is 34.4 Å². The first kappa shape index (κ1) is 10.9. The fourth-order valence-electron chi connectivity index (χ4n) is 1.10. The van der Waals surface area contributed by atoms with Crippen LogP contribution in [-0.4, -0.2) is 9.97 Å². The number of rotatable bonds is 3. The zero-order valence-corrected chi connectivity index (χ0v) is 10.9. The van der Waals surface area contributed by atoms with E-state index in [9.17, 15) is 0 Å². The molecule has 0 radical (unpaired) electrons. The summed E-state index contributed by atoms with van der Waals surface area (Å²) in [5, 5.41) is 0.969. The molecule has 1 aromatic carbocycles. The Balaban J connectivity index is 1.96. The molecule has 0 fully saturated rings. The average Bonchev–Trinajstić information content (AvgIpc) is 2.30. The van der Waals surface area contributed by atoms with Crippen LogP contribution in [0, 0.1) is 3.57 Å². The van der Waals surface area contributed by atoms with E-state index in [4.69, 9.17) is 0 Å². The molecule has 0 aliphatic heterocycles. The van der Waals surface area contributed by atoms with E-state index in [-0.39, 0.29) is 0 Å². The Morgan fingerprint density at radius 2 is 1.93 bits per heavy atom. The predicted octanol–water partition coefficient (Wildman–Crippen LogP) is 3.37. The Morgan fingerprint density at radius 3 is 2.60 bits per heavy atom. The van der Waals surface area contributed by atoms with Gasteiger partial charge in [-0.3, -0.25) is 4.98 Å². The van der Waals surface area contributed by atoms with Gasteiger partial charge in [0.05, 0.1) is 6.20 Å². The minimum absolute atomic E-state index is 0.940. The Labute approximate surface area is 107 Å². The molecule has 15 heavy (non-hydrogen) atoms. The van der Waals surface area contributed by atoms with E-state index in [2.05, 4.69) is 56.8 Å². The van der Waals surface area contributed by atoms with Gasteiger partial charge in [-0.05, 0) is 40.3 Å². The summed E-state index contributed by atoms with van der Waals surface area (Å²) >= 11 is 4.01. The van der Waals surface area contributed by atoms with E-state index in [0.717, 1.165) is 10.8 Å². The second-order valence-electron chi connectivity index (χ2n) is 2.96. The van der Waals surface area contributed by atoms with Crippen LogP contribution in [0.25, 0.3) is 0 Å². The van der Waals surface area contributed by atoms with Crippen LogP contribution < -0.4 is 0 Å². The summed E-state index contributed by atoms with van der Waals surface area (Å²) in [5.74, 6) is 0.940. The lowest BCUT2D eigenvalue weighted by Gasteiger charge is -2.00. The van der Waals surface area contributed by atoms with E-state index in [1.165, 1.54) is 9.13 Å². The summed E-state index contributed by atoms with van der Waals surface area (Å²) < 4.78 is 1.26. The van der Waals surface area contributed by atoms with Crippen LogP contribution in [0.4, 0.5) is 0 Å². The highest BCUT2D eigenvalue weighted by atomic mass is 127. The molecular formula is C11H9IN2S. The standard InChI is InChI=1S/C11H9IN2S/c12-10-3-1-9(2-4-10)8-15-11-7-13-5-6-14-11/h1-7H,8H2. The second-order valence-corrected chi connectivity index (χ2v) is 5.20. The minimum atomic E-state index is 0.940. The maximum atomic E-state index is 4.21. The third kappa shape index (κ3) is 3.46. The Hall–Kier alpha value is -0.620. The predicted molar refractivity (Wildman–Crippen MR) is 70.8 cm³/mol. The maximum absolute atomic E-state index is 4.21. The molecular weight excluding hydrogens is 319 g/mol. The lowest BCUT2D eigenvalue weighted by atomic mass is 10.2. The van der Waals surface area contributed by atoms with Crippen molar-refractivity contribution in [3.8, 4) is 0 Å². The van der Waals surface area contributed by atoms with E-state index < -0.39 is 0 Å². The molecule has 2 aromatic rings. The van der Waals surface area contributed by atoms with Gasteiger partial charge >= 0.3 is 0 Å². The second kappa shape index (κ2) is 5.46. The average molecular weight is 328 g/mol. The highest BCUT2D eigenvalue weighted by molar-refractivity contribution is 14.1. The molecule has 0 saturated heterocycles. The van der Waals surface area contributed by atoms with Crippen LogP contribution in [0.5, 0.6) is 0 Å². The van der Waals surface area contributed by atoms with Gasteiger partial charge in [-0.2, -0.15) is 0 Å². The molecule has 1 heterocycles. The molecule has 0 bridgehead atoms. The van der Waals surface area contributed by atoms with Gasteiger partial charge in [0.1, 0.15) is 5.03 Å². The molecule has 0 spiro atoms. The lowest BCUT2D eigenvalue weighted by molar-refractivity contribution is 1.05. The normalized spacial score (nSPS) is 10.2. The maximum Gasteiger partial charge on any atom is 0.115 e. The first-order chi connectivity index (χ1) is 7.34. The zero-order valence-electron chi connectivity index (χ0n) is 7.93. The molecule has 0 atom stereocenters. The van der Waals surface area contributed by atoms with Gasteiger partial charge < -0.3 is 0 Å². The summed E-state index contributed by atoms with van der Waals surface area (Å²) in [5.41, 5.74) is 1.31. The molecule has 4 heteroatoms. The van der Waals surface area contributed by atoms with Crippen molar-refractivity contribution in [3.05, 3.63) is 52.0 Å². The molecule has 0 aliphatic rings. The van der Waals surface area contributed by atoms with Gasteiger partial charge in [0.15, 0.2) is 0 Å². The summed E-state index contributed by atoms with van der Waals surface area (Å²) in [4.78, 5) is 8.24. The molecule has 2 nitrogen and oxygen atoms in total. The first-order valence-corrected chi connectivity index (χ1v) is 6.54. The lowest BCUT2D eigenvalue weighted by Crippen LogP contribution is -1.84. The van der Waals surface area contributed by atoms with Crippen molar-refractivity contribution in [1.29, 1.82) is 0 Å². The summed E-state index contributed by atoms with van der Waals surface area (Å²) in [7, 11) is 0. The minimum Gasteiger partial charge on any atom is -0.260 e. The molecule has 0 unspecified atom stereocenters. The highest BCUT2D eigenvalue weighted by Gasteiger charge is 1.96. The third-order valence-corrected chi connectivity index (χ3v) is 3.54. The smallest absolute Gasteiger partial charge is 0.115 e. The van der Waals surface area contributed by atoms with Gasteiger partial charge in [-0.25, -0.2) is 4.98 Å². The van der Waals surface area contributed by atoms with Crippen molar-refractivity contribution in [2.24, 2.45) is 0 Å². The van der Waals surface area contributed by atoms with Gasteiger partial charge in [-0.1, -0.05) is 12.1 Å². The van der Waals surface area contributed by atoms with Crippen molar-refractivity contribution < 1.29 is 0 Å². The van der Waals surface area contributed by atoms with E-state index in [1.54, 1.807) is 30.4 Å². The number of halogens is 1. The van der Waals surface area contributed by atoms with Crippen molar-refractivity contribution in [2.75, 3.05) is 0 Å². The molecule has 0 aliphatic carbocycles. The monoisotopic (exact) mass is 328 g/mol. The molecule has 0 saturated carbocycles. The largest absolute Gasteiger partial charge is 0.260 e. The van der Waals surface area contributed by atoms with Gasteiger partial charge in [0.25, 0.3) is 0 Å².